The van der Waals surface area contributed by atoms with Crippen LogP contribution < -0.4 is 0 Å². The van der Waals surface area contributed by atoms with Gasteiger partial charge >= 0.3 is 0 Å². The normalized spacial score (nSPS) is 9.67. The van der Waals surface area contributed by atoms with Gasteiger partial charge < -0.3 is 0 Å². The number of nitriles is 1. The minimum absolute atomic E-state index is 0.506. The standard InChI is InChI=1S/C8H12N4/c1-2-3-4-5-7-8(6-9)11-12-10-7/h2-5H2,1H3,(H,10,11,12). The molecule has 1 aromatic rings. The molecule has 64 valence electrons. The van der Waals surface area contributed by atoms with Crippen LogP contribution in [0.4, 0.5) is 0 Å². The number of aromatic nitrogens is 3. The molecule has 0 aliphatic carbocycles. The van der Waals surface area contributed by atoms with Crippen molar-refractivity contribution in [3.8, 4) is 6.07 Å². The Bertz CT molecular complexity index is 271. The van der Waals surface area contributed by atoms with Crippen molar-refractivity contribution in [2.45, 2.75) is 32.6 Å². The molecule has 1 heterocycles. The zero-order valence-corrected chi connectivity index (χ0v) is 7.17. The van der Waals surface area contributed by atoms with Gasteiger partial charge in [-0.25, -0.2) is 5.10 Å². The highest BCUT2D eigenvalue weighted by atomic mass is 15.3. The monoisotopic (exact) mass is 164 g/mol. The summed E-state index contributed by atoms with van der Waals surface area (Å²) in [5.41, 5.74) is 1.30. The first-order valence-corrected chi connectivity index (χ1v) is 4.18. The van der Waals surface area contributed by atoms with E-state index in [9.17, 15) is 0 Å². The number of nitrogens with zero attached hydrogens (tertiary/aromatic N) is 3. The van der Waals surface area contributed by atoms with Gasteiger partial charge in [0.1, 0.15) is 11.8 Å². The molecule has 0 unspecified atom stereocenters. The largest absolute Gasteiger partial charge is 0.247 e. The quantitative estimate of drug-likeness (QED) is 0.684. The van der Waals surface area contributed by atoms with Crippen LogP contribution in [0, 0.1) is 11.3 Å². The lowest BCUT2D eigenvalue weighted by Crippen LogP contribution is -1.89. The van der Waals surface area contributed by atoms with Gasteiger partial charge in [-0.1, -0.05) is 25.0 Å². The molecular formula is C8H12N4. The Hall–Kier alpha value is -1.37. The van der Waals surface area contributed by atoms with Crippen molar-refractivity contribution >= 4 is 0 Å². The van der Waals surface area contributed by atoms with E-state index in [1.807, 2.05) is 6.07 Å². The molecule has 0 atom stereocenters. The lowest BCUT2D eigenvalue weighted by Gasteiger charge is -1.93. The Morgan fingerprint density at radius 1 is 1.50 bits per heavy atom. The van der Waals surface area contributed by atoms with Gasteiger partial charge in [0.2, 0.25) is 0 Å². The maximum atomic E-state index is 8.60. The molecule has 0 bridgehead atoms. The van der Waals surface area contributed by atoms with Crippen LogP contribution in [-0.2, 0) is 6.42 Å². The Labute approximate surface area is 71.6 Å². The molecule has 0 fully saturated rings. The molecule has 4 nitrogen and oxygen atoms in total. The van der Waals surface area contributed by atoms with Crippen molar-refractivity contribution in [3.05, 3.63) is 11.4 Å². The van der Waals surface area contributed by atoms with Gasteiger partial charge in [-0.05, 0) is 12.8 Å². The maximum absolute atomic E-state index is 8.60. The van der Waals surface area contributed by atoms with Crippen LogP contribution in [-0.4, -0.2) is 15.4 Å². The smallest absolute Gasteiger partial charge is 0.158 e. The summed E-state index contributed by atoms with van der Waals surface area (Å²) in [6.45, 7) is 2.15. The van der Waals surface area contributed by atoms with Crippen LogP contribution >= 0.6 is 0 Å². The second-order valence-electron chi connectivity index (χ2n) is 2.70. The topological polar surface area (TPSA) is 65.4 Å². The van der Waals surface area contributed by atoms with Crippen molar-refractivity contribution in [3.63, 3.8) is 0 Å². The third kappa shape index (κ3) is 2.06. The highest BCUT2D eigenvalue weighted by molar-refractivity contribution is 5.23. The predicted octanol–water partition coefficient (Wildman–Crippen LogP) is 1.41. The molecule has 1 rings (SSSR count). The fourth-order valence-electron chi connectivity index (χ4n) is 1.06. The summed E-state index contributed by atoms with van der Waals surface area (Å²) in [5.74, 6) is 0. The van der Waals surface area contributed by atoms with Gasteiger partial charge in [0.25, 0.3) is 0 Å². The fourth-order valence-corrected chi connectivity index (χ4v) is 1.06. The summed E-state index contributed by atoms with van der Waals surface area (Å²) in [5, 5.41) is 18.6. The van der Waals surface area contributed by atoms with Crippen LogP contribution in [0.3, 0.4) is 0 Å². The predicted molar refractivity (Wildman–Crippen MR) is 44.3 cm³/mol. The van der Waals surface area contributed by atoms with Gasteiger partial charge in [0.15, 0.2) is 5.69 Å². The molecule has 0 aliphatic heterocycles. The first kappa shape index (κ1) is 8.72. The number of aryl methyl sites for hydroxylation is 1. The number of hydrogen-bond acceptors (Lipinski definition) is 3. The van der Waals surface area contributed by atoms with Crippen LogP contribution in [0.5, 0.6) is 0 Å². The van der Waals surface area contributed by atoms with Crippen molar-refractivity contribution in [2.75, 3.05) is 0 Å². The van der Waals surface area contributed by atoms with E-state index in [0.29, 0.717) is 5.69 Å². The average molecular weight is 164 g/mol. The van der Waals surface area contributed by atoms with Crippen molar-refractivity contribution in [2.24, 2.45) is 0 Å². The number of aromatic amines is 1. The number of nitrogens with one attached hydrogen (secondary N) is 1. The Balaban J connectivity index is 2.46. The summed E-state index contributed by atoms with van der Waals surface area (Å²) in [6.07, 6.45) is 4.29. The fraction of sp³-hybridized carbons (Fsp3) is 0.625. The SMILES string of the molecule is CCCCCc1nn[nH]c1C#N. The highest BCUT2D eigenvalue weighted by Gasteiger charge is 2.04. The van der Waals surface area contributed by atoms with Gasteiger partial charge in [-0.15, -0.1) is 5.10 Å². The van der Waals surface area contributed by atoms with E-state index in [4.69, 9.17) is 5.26 Å². The van der Waals surface area contributed by atoms with Gasteiger partial charge in [-0.3, -0.25) is 0 Å². The number of hydrogen-bond donors (Lipinski definition) is 1. The first-order chi connectivity index (χ1) is 5.88. The summed E-state index contributed by atoms with van der Waals surface area (Å²) in [7, 11) is 0. The van der Waals surface area contributed by atoms with Crippen molar-refractivity contribution in [1.82, 2.24) is 15.4 Å². The second kappa shape index (κ2) is 4.50. The zero-order chi connectivity index (χ0) is 8.81. The minimum atomic E-state index is 0.506. The van der Waals surface area contributed by atoms with Gasteiger partial charge in [0.05, 0.1) is 0 Å². The first-order valence-electron chi connectivity index (χ1n) is 4.18. The lowest BCUT2D eigenvalue weighted by molar-refractivity contribution is 0.704. The Morgan fingerprint density at radius 3 is 3.00 bits per heavy atom. The molecule has 0 saturated heterocycles. The molecule has 0 aliphatic rings. The summed E-state index contributed by atoms with van der Waals surface area (Å²) in [6, 6.07) is 2.02. The third-order valence-corrected chi connectivity index (χ3v) is 1.75. The number of H-pyrrole nitrogens is 1. The van der Waals surface area contributed by atoms with E-state index in [0.717, 1.165) is 18.5 Å². The Kier molecular flexibility index (Phi) is 3.27. The van der Waals surface area contributed by atoms with E-state index in [1.54, 1.807) is 0 Å². The second-order valence-corrected chi connectivity index (χ2v) is 2.70. The lowest BCUT2D eigenvalue weighted by atomic mass is 10.1. The molecule has 1 aromatic heterocycles. The van der Waals surface area contributed by atoms with E-state index in [1.165, 1.54) is 12.8 Å². The van der Waals surface area contributed by atoms with E-state index >= 15 is 0 Å². The summed E-state index contributed by atoms with van der Waals surface area (Å²) < 4.78 is 0. The molecule has 0 aromatic carbocycles. The summed E-state index contributed by atoms with van der Waals surface area (Å²) >= 11 is 0. The van der Waals surface area contributed by atoms with Crippen LogP contribution in [0.25, 0.3) is 0 Å². The van der Waals surface area contributed by atoms with Crippen molar-refractivity contribution in [1.29, 1.82) is 5.26 Å². The molecular weight excluding hydrogens is 152 g/mol. The molecule has 4 heteroatoms. The van der Waals surface area contributed by atoms with E-state index in [2.05, 4.69) is 22.3 Å². The minimum Gasteiger partial charge on any atom is -0.247 e. The zero-order valence-electron chi connectivity index (χ0n) is 7.17. The van der Waals surface area contributed by atoms with E-state index in [-0.39, 0.29) is 0 Å². The van der Waals surface area contributed by atoms with Crippen LogP contribution in [0.15, 0.2) is 0 Å². The Morgan fingerprint density at radius 2 is 2.33 bits per heavy atom. The molecule has 12 heavy (non-hydrogen) atoms. The van der Waals surface area contributed by atoms with Gasteiger partial charge in [-0.2, -0.15) is 5.26 Å². The molecule has 0 radical (unpaired) electrons. The maximum Gasteiger partial charge on any atom is 0.158 e. The molecule has 0 amide bonds. The highest BCUT2D eigenvalue weighted by Crippen LogP contribution is 2.05. The van der Waals surface area contributed by atoms with Crippen LogP contribution in [0.1, 0.15) is 37.6 Å². The molecule has 0 spiro atoms. The average Bonchev–Trinajstić information content (AvgIpc) is 2.52. The molecule has 0 saturated carbocycles. The van der Waals surface area contributed by atoms with Crippen LogP contribution in [0.2, 0.25) is 0 Å². The third-order valence-electron chi connectivity index (χ3n) is 1.75. The number of rotatable bonds is 4. The van der Waals surface area contributed by atoms with E-state index < -0.39 is 0 Å². The van der Waals surface area contributed by atoms with Crippen molar-refractivity contribution < 1.29 is 0 Å². The van der Waals surface area contributed by atoms with Gasteiger partial charge in [0, 0.05) is 0 Å². The summed E-state index contributed by atoms with van der Waals surface area (Å²) in [4.78, 5) is 0. The molecule has 1 N–H and O–H groups in total. The number of unbranched alkanes of at least 4 members (excludes halogenated alkanes) is 2.